The zero-order valence-corrected chi connectivity index (χ0v) is 12.9. The summed E-state index contributed by atoms with van der Waals surface area (Å²) in [7, 11) is 0. The molecule has 1 aromatic heterocycles. The second-order valence-corrected chi connectivity index (χ2v) is 8.29. The van der Waals surface area contributed by atoms with E-state index in [1.54, 1.807) is 23.1 Å². The van der Waals surface area contributed by atoms with Gasteiger partial charge in [-0.15, -0.1) is 10.2 Å². The number of hydrogen-bond donors (Lipinski definition) is 1. The molecule has 0 radical (unpaired) electrons. The van der Waals surface area contributed by atoms with Crippen LogP contribution in [0.15, 0.2) is 8.68 Å². The van der Waals surface area contributed by atoms with Gasteiger partial charge in [0.05, 0.1) is 0 Å². The molecule has 4 atom stereocenters. The van der Waals surface area contributed by atoms with Crippen molar-refractivity contribution in [1.29, 1.82) is 0 Å². The molecule has 0 spiro atoms. The third-order valence-electron chi connectivity index (χ3n) is 3.23. The Hall–Kier alpha value is 0.220. The van der Waals surface area contributed by atoms with Crippen molar-refractivity contribution >= 4 is 34.9 Å². The third-order valence-corrected chi connectivity index (χ3v) is 6.83. The van der Waals surface area contributed by atoms with Crippen LogP contribution in [-0.4, -0.2) is 27.7 Å². The van der Waals surface area contributed by atoms with Crippen LogP contribution >= 0.6 is 34.9 Å². The molecule has 0 aromatic carbocycles. The number of nitrogens with zero attached hydrogens (tertiary/aromatic N) is 2. The van der Waals surface area contributed by atoms with Crippen molar-refractivity contribution in [2.45, 2.75) is 46.7 Å². The summed E-state index contributed by atoms with van der Waals surface area (Å²) >= 11 is 5.16. The minimum atomic E-state index is 0.292. The molecule has 2 N–H and O–H groups in total. The first kappa shape index (κ1) is 13.6. The van der Waals surface area contributed by atoms with Gasteiger partial charge in [0.2, 0.25) is 0 Å². The molecule has 1 aliphatic carbocycles. The van der Waals surface area contributed by atoms with Crippen LogP contribution in [0.5, 0.6) is 0 Å². The quantitative estimate of drug-likeness (QED) is 0.867. The minimum Gasteiger partial charge on any atom is -0.327 e. The molecule has 1 aliphatic rings. The van der Waals surface area contributed by atoms with Crippen molar-refractivity contribution in [3.8, 4) is 0 Å². The van der Waals surface area contributed by atoms with Crippen LogP contribution in [-0.2, 0) is 0 Å². The Morgan fingerprint density at radius 1 is 1.24 bits per heavy atom. The summed E-state index contributed by atoms with van der Waals surface area (Å²) in [5, 5.41) is 8.85. The maximum atomic E-state index is 6.28. The molecular formula is C11H19N3S3. The summed E-state index contributed by atoms with van der Waals surface area (Å²) < 4.78 is 2.11. The van der Waals surface area contributed by atoms with E-state index in [1.165, 1.54) is 6.42 Å². The fraction of sp³-hybridized carbons (Fsp3) is 0.818. The van der Waals surface area contributed by atoms with Gasteiger partial charge in [-0.05, 0) is 30.9 Å². The Balaban J connectivity index is 2.01. The Kier molecular flexibility index (Phi) is 4.74. The van der Waals surface area contributed by atoms with Gasteiger partial charge in [0.15, 0.2) is 8.68 Å². The van der Waals surface area contributed by atoms with Gasteiger partial charge in [-0.3, -0.25) is 0 Å². The van der Waals surface area contributed by atoms with Gasteiger partial charge in [-0.1, -0.05) is 48.7 Å². The average molecular weight is 289 g/mol. The first-order chi connectivity index (χ1) is 8.10. The number of thioether (sulfide) groups is 2. The number of nitrogens with two attached hydrogens (primary N) is 1. The highest BCUT2D eigenvalue weighted by Gasteiger charge is 2.33. The molecule has 1 aromatic rings. The van der Waals surface area contributed by atoms with Crippen LogP contribution in [0.25, 0.3) is 0 Å². The zero-order chi connectivity index (χ0) is 12.4. The Bertz CT molecular complexity index is 357. The lowest BCUT2D eigenvalue weighted by atomic mass is 9.80. The smallest absolute Gasteiger partial charge is 0.175 e. The number of rotatable bonds is 3. The van der Waals surface area contributed by atoms with Gasteiger partial charge in [-0.25, -0.2) is 0 Å². The second kappa shape index (κ2) is 5.91. The van der Waals surface area contributed by atoms with Crippen LogP contribution in [0.3, 0.4) is 0 Å². The van der Waals surface area contributed by atoms with E-state index < -0.39 is 0 Å². The Morgan fingerprint density at radius 3 is 2.53 bits per heavy atom. The molecule has 4 unspecified atom stereocenters. The third kappa shape index (κ3) is 3.36. The highest BCUT2D eigenvalue weighted by Crippen LogP contribution is 2.40. The summed E-state index contributed by atoms with van der Waals surface area (Å²) in [5.74, 6) is 1.42. The summed E-state index contributed by atoms with van der Waals surface area (Å²) in [6.07, 6.45) is 4.45. The molecule has 1 fully saturated rings. The van der Waals surface area contributed by atoms with Gasteiger partial charge in [0.1, 0.15) is 0 Å². The van der Waals surface area contributed by atoms with Gasteiger partial charge in [0.25, 0.3) is 0 Å². The van der Waals surface area contributed by atoms with Gasteiger partial charge < -0.3 is 5.73 Å². The van der Waals surface area contributed by atoms with Crippen LogP contribution < -0.4 is 5.73 Å². The van der Waals surface area contributed by atoms with E-state index in [1.807, 2.05) is 18.0 Å². The molecule has 1 saturated carbocycles. The van der Waals surface area contributed by atoms with Crippen LogP contribution in [0.2, 0.25) is 0 Å². The van der Waals surface area contributed by atoms with Crippen molar-refractivity contribution in [2.75, 3.05) is 6.26 Å². The Morgan fingerprint density at radius 2 is 1.94 bits per heavy atom. The van der Waals surface area contributed by atoms with Crippen LogP contribution in [0.1, 0.15) is 26.7 Å². The maximum absolute atomic E-state index is 6.28. The van der Waals surface area contributed by atoms with Crippen molar-refractivity contribution in [1.82, 2.24) is 10.2 Å². The monoisotopic (exact) mass is 289 g/mol. The molecule has 0 aliphatic heterocycles. The molecule has 0 saturated heterocycles. The van der Waals surface area contributed by atoms with Gasteiger partial charge >= 0.3 is 0 Å². The summed E-state index contributed by atoms with van der Waals surface area (Å²) in [4.78, 5) is 0. The van der Waals surface area contributed by atoms with E-state index in [0.717, 1.165) is 21.0 Å². The van der Waals surface area contributed by atoms with E-state index in [9.17, 15) is 0 Å². The summed E-state index contributed by atoms with van der Waals surface area (Å²) in [6, 6.07) is 0.292. The van der Waals surface area contributed by atoms with Crippen molar-refractivity contribution in [3.63, 3.8) is 0 Å². The lowest BCUT2D eigenvalue weighted by Gasteiger charge is -2.36. The first-order valence-corrected chi connectivity index (χ1v) is 8.82. The highest BCUT2D eigenvalue weighted by molar-refractivity contribution is 8.03. The maximum Gasteiger partial charge on any atom is 0.175 e. The molecule has 3 nitrogen and oxygen atoms in total. The molecular weight excluding hydrogens is 270 g/mol. The van der Waals surface area contributed by atoms with Gasteiger partial charge in [-0.2, -0.15) is 0 Å². The minimum absolute atomic E-state index is 0.292. The molecule has 0 amide bonds. The van der Waals surface area contributed by atoms with E-state index in [-0.39, 0.29) is 0 Å². The topological polar surface area (TPSA) is 51.8 Å². The van der Waals surface area contributed by atoms with E-state index in [0.29, 0.717) is 17.2 Å². The SMILES string of the molecule is CSc1nnc(SC2C(C)CC(C)CC2N)s1. The molecule has 96 valence electrons. The normalized spacial score (nSPS) is 33.9. The Labute approximate surface area is 115 Å². The predicted molar refractivity (Wildman–Crippen MR) is 76.9 cm³/mol. The number of hydrogen-bond acceptors (Lipinski definition) is 6. The summed E-state index contributed by atoms with van der Waals surface area (Å²) in [5.41, 5.74) is 6.28. The van der Waals surface area contributed by atoms with Crippen molar-refractivity contribution < 1.29 is 0 Å². The van der Waals surface area contributed by atoms with E-state index in [4.69, 9.17) is 5.73 Å². The molecule has 1 heterocycles. The largest absolute Gasteiger partial charge is 0.327 e. The molecule has 6 heteroatoms. The first-order valence-electron chi connectivity index (χ1n) is 5.90. The summed E-state index contributed by atoms with van der Waals surface area (Å²) in [6.45, 7) is 4.61. The van der Waals surface area contributed by atoms with Gasteiger partial charge in [0, 0.05) is 11.3 Å². The lowest BCUT2D eigenvalue weighted by Crippen LogP contribution is -2.42. The van der Waals surface area contributed by atoms with Crippen LogP contribution in [0, 0.1) is 11.8 Å². The standard InChI is InChI=1S/C11H19N3S3/c1-6-4-7(2)9(8(12)5-6)16-11-14-13-10(15-3)17-11/h6-9H,4-5,12H2,1-3H3. The fourth-order valence-electron chi connectivity index (χ4n) is 2.53. The fourth-order valence-corrected chi connectivity index (χ4v) is 5.41. The molecule has 2 rings (SSSR count). The van der Waals surface area contributed by atoms with E-state index in [2.05, 4.69) is 24.0 Å². The highest BCUT2D eigenvalue weighted by atomic mass is 32.2. The van der Waals surface area contributed by atoms with E-state index >= 15 is 0 Å². The average Bonchev–Trinajstić information content (AvgIpc) is 2.71. The number of aromatic nitrogens is 2. The molecule has 17 heavy (non-hydrogen) atoms. The zero-order valence-electron chi connectivity index (χ0n) is 10.4. The van der Waals surface area contributed by atoms with Crippen LogP contribution in [0.4, 0.5) is 0 Å². The predicted octanol–water partition coefficient (Wildman–Crippen LogP) is 3.11. The second-order valence-electron chi connectivity index (χ2n) is 4.84. The molecule has 0 bridgehead atoms. The van der Waals surface area contributed by atoms with Crippen molar-refractivity contribution in [3.05, 3.63) is 0 Å². The lowest BCUT2D eigenvalue weighted by molar-refractivity contribution is 0.279. The van der Waals surface area contributed by atoms with Crippen molar-refractivity contribution in [2.24, 2.45) is 17.6 Å².